The van der Waals surface area contributed by atoms with E-state index in [1.807, 2.05) is 36.5 Å². The van der Waals surface area contributed by atoms with Crippen molar-refractivity contribution >= 4 is 16.7 Å². The first kappa shape index (κ1) is 22.4. The van der Waals surface area contributed by atoms with Gasteiger partial charge in [-0.3, -0.25) is 4.79 Å². The number of aromatic nitrogens is 2. The van der Waals surface area contributed by atoms with Gasteiger partial charge in [-0.15, -0.1) is 0 Å². The van der Waals surface area contributed by atoms with E-state index in [1.54, 1.807) is 0 Å². The Hall–Kier alpha value is -3.44. The van der Waals surface area contributed by atoms with Crippen LogP contribution in [0.5, 0.6) is 0 Å². The third kappa shape index (κ3) is 4.90. The minimum atomic E-state index is -0.233. The lowest BCUT2D eigenvalue weighted by atomic mass is 9.81. The summed E-state index contributed by atoms with van der Waals surface area (Å²) < 4.78 is 0. The average Bonchev–Trinajstić information content (AvgIpc) is 3.39. The fraction of sp³-hybridized carbons (Fsp3) is 0.310. The number of nitrogens with one attached hydrogen (secondary N) is 2. The number of fused-ring (bicyclic) bond motifs is 1. The van der Waals surface area contributed by atoms with Crippen molar-refractivity contribution in [2.75, 3.05) is 6.54 Å². The van der Waals surface area contributed by atoms with Crippen molar-refractivity contribution in [3.8, 4) is 11.3 Å². The maximum Gasteiger partial charge on any atom is 0.223 e. The Morgan fingerprint density at radius 2 is 1.71 bits per heavy atom. The summed E-state index contributed by atoms with van der Waals surface area (Å²) in [7, 11) is 0. The SMILES string of the molecule is NCC1CCC(C(=O)NC(Cc2cccc3ccccc23)c2nc(-c3ccccc3)c[nH]2)CC1. The maximum atomic E-state index is 13.3. The molecule has 34 heavy (non-hydrogen) atoms. The van der Waals surface area contributed by atoms with Gasteiger partial charge in [-0.05, 0) is 54.5 Å². The van der Waals surface area contributed by atoms with Crippen LogP contribution in [0.3, 0.4) is 0 Å². The molecule has 0 radical (unpaired) electrons. The third-order valence-corrected chi connectivity index (χ3v) is 7.17. The molecule has 1 fully saturated rings. The summed E-state index contributed by atoms with van der Waals surface area (Å²) >= 11 is 0. The van der Waals surface area contributed by atoms with Gasteiger partial charge >= 0.3 is 0 Å². The molecule has 1 amide bonds. The van der Waals surface area contributed by atoms with Crippen molar-refractivity contribution in [1.82, 2.24) is 15.3 Å². The molecule has 3 aromatic carbocycles. The lowest BCUT2D eigenvalue weighted by molar-refractivity contribution is -0.127. The van der Waals surface area contributed by atoms with Gasteiger partial charge in [0.2, 0.25) is 5.91 Å². The van der Waals surface area contributed by atoms with Gasteiger partial charge < -0.3 is 16.0 Å². The molecule has 1 aliphatic rings. The molecule has 0 spiro atoms. The molecule has 4 N–H and O–H groups in total. The molecule has 1 saturated carbocycles. The van der Waals surface area contributed by atoms with E-state index in [0.717, 1.165) is 42.8 Å². The number of rotatable bonds is 7. The molecule has 1 unspecified atom stereocenters. The topological polar surface area (TPSA) is 83.8 Å². The van der Waals surface area contributed by atoms with Gasteiger partial charge in [0.1, 0.15) is 5.82 Å². The van der Waals surface area contributed by atoms with E-state index in [9.17, 15) is 4.79 Å². The summed E-state index contributed by atoms with van der Waals surface area (Å²) in [6.07, 6.45) is 6.47. The van der Waals surface area contributed by atoms with Crippen LogP contribution in [-0.2, 0) is 11.2 Å². The molecule has 5 nitrogen and oxygen atoms in total. The largest absolute Gasteiger partial charge is 0.346 e. The average molecular weight is 453 g/mol. The number of carbonyl (C=O) groups excluding carboxylic acids is 1. The summed E-state index contributed by atoms with van der Waals surface area (Å²) in [4.78, 5) is 21.6. The zero-order chi connectivity index (χ0) is 23.3. The number of H-pyrrole nitrogens is 1. The Morgan fingerprint density at radius 1 is 0.971 bits per heavy atom. The molecule has 5 heteroatoms. The van der Waals surface area contributed by atoms with E-state index < -0.39 is 0 Å². The third-order valence-electron chi connectivity index (χ3n) is 7.17. The summed E-state index contributed by atoms with van der Waals surface area (Å²) in [5, 5.41) is 5.76. The number of imidazole rings is 1. The molecule has 0 saturated heterocycles. The fourth-order valence-electron chi connectivity index (χ4n) is 5.13. The van der Waals surface area contributed by atoms with Crippen molar-refractivity contribution in [2.45, 2.75) is 38.1 Å². The number of carbonyl (C=O) groups is 1. The van der Waals surface area contributed by atoms with E-state index >= 15 is 0 Å². The number of nitrogens with zero attached hydrogens (tertiary/aromatic N) is 1. The lowest BCUT2D eigenvalue weighted by Gasteiger charge is -2.28. The number of aromatic amines is 1. The highest BCUT2D eigenvalue weighted by atomic mass is 16.1. The monoisotopic (exact) mass is 452 g/mol. The zero-order valence-electron chi connectivity index (χ0n) is 19.4. The summed E-state index contributed by atoms with van der Waals surface area (Å²) in [6, 6.07) is 24.6. The smallest absolute Gasteiger partial charge is 0.223 e. The van der Waals surface area contributed by atoms with Crippen LogP contribution in [0, 0.1) is 11.8 Å². The van der Waals surface area contributed by atoms with Crippen molar-refractivity contribution < 1.29 is 4.79 Å². The number of benzene rings is 3. The molecule has 1 atom stereocenters. The van der Waals surface area contributed by atoms with Gasteiger partial charge in [-0.2, -0.15) is 0 Å². The number of nitrogens with two attached hydrogens (primary N) is 1. The van der Waals surface area contributed by atoms with Crippen molar-refractivity contribution in [2.24, 2.45) is 17.6 Å². The van der Waals surface area contributed by atoms with Gasteiger partial charge in [0.05, 0.1) is 11.7 Å². The van der Waals surface area contributed by atoms with Crippen LogP contribution in [0.4, 0.5) is 0 Å². The number of amides is 1. The summed E-state index contributed by atoms with van der Waals surface area (Å²) in [6.45, 7) is 0.715. The van der Waals surface area contributed by atoms with Gasteiger partial charge in [0, 0.05) is 24.1 Å². The predicted molar refractivity (Wildman–Crippen MR) is 137 cm³/mol. The van der Waals surface area contributed by atoms with Crippen molar-refractivity contribution in [3.05, 3.63) is 90.4 Å². The van der Waals surface area contributed by atoms with Crippen molar-refractivity contribution in [1.29, 1.82) is 0 Å². The van der Waals surface area contributed by atoms with E-state index in [0.29, 0.717) is 18.9 Å². The van der Waals surface area contributed by atoms with E-state index in [4.69, 9.17) is 10.7 Å². The first-order chi connectivity index (χ1) is 16.7. The van der Waals surface area contributed by atoms with Gasteiger partial charge in [-0.25, -0.2) is 4.98 Å². The molecule has 0 aliphatic heterocycles. The molecule has 5 rings (SSSR count). The Labute approximate surface area is 200 Å². The Balaban J connectivity index is 1.42. The summed E-state index contributed by atoms with van der Waals surface area (Å²) in [5.41, 5.74) is 8.99. The highest BCUT2D eigenvalue weighted by molar-refractivity contribution is 5.86. The van der Waals surface area contributed by atoms with E-state index in [-0.39, 0.29) is 17.9 Å². The van der Waals surface area contributed by atoms with Crippen LogP contribution in [0.2, 0.25) is 0 Å². The second kappa shape index (κ2) is 10.2. The van der Waals surface area contributed by atoms with E-state index in [2.05, 4.69) is 52.8 Å². The molecule has 1 aromatic heterocycles. The van der Waals surface area contributed by atoms with Crippen LogP contribution in [0.1, 0.15) is 43.1 Å². The highest BCUT2D eigenvalue weighted by Crippen LogP contribution is 2.30. The standard InChI is InChI=1S/C29H32N4O/c30-18-20-13-15-23(16-14-20)29(34)33-26(17-24-11-6-10-21-7-4-5-12-25(21)24)28-31-19-27(32-28)22-8-2-1-3-9-22/h1-12,19-20,23,26H,13-18,30H2,(H,31,32)(H,33,34). The quantitative estimate of drug-likeness (QED) is 0.351. The van der Waals surface area contributed by atoms with E-state index in [1.165, 1.54) is 16.3 Å². The highest BCUT2D eigenvalue weighted by Gasteiger charge is 2.28. The normalized spacial score (nSPS) is 19.1. The molecular formula is C29H32N4O. The van der Waals surface area contributed by atoms with Gasteiger partial charge in [0.15, 0.2) is 0 Å². The van der Waals surface area contributed by atoms with Crippen LogP contribution < -0.4 is 11.1 Å². The zero-order valence-corrected chi connectivity index (χ0v) is 19.4. The van der Waals surface area contributed by atoms with Crippen LogP contribution >= 0.6 is 0 Å². The second-order valence-corrected chi connectivity index (χ2v) is 9.39. The minimum Gasteiger partial charge on any atom is -0.346 e. The van der Waals surface area contributed by atoms with Crippen LogP contribution in [-0.4, -0.2) is 22.4 Å². The van der Waals surface area contributed by atoms with Crippen LogP contribution in [0.25, 0.3) is 22.0 Å². The molecular weight excluding hydrogens is 420 g/mol. The molecule has 4 aromatic rings. The minimum absolute atomic E-state index is 0.0429. The number of hydrogen-bond donors (Lipinski definition) is 3. The Kier molecular flexibility index (Phi) is 6.72. The predicted octanol–water partition coefficient (Wildman–Crippen LogP) is 5.40. The van der Waals surface area contributed by atoms with Gasteiger partial charge in [-0.1, -0.05) is 72.8 Å². The molecule has 1 heterocycles. The Bertz CT molecular complexity index is 1240. The van der Waals surface area contributed by atoms with Gasteiger partial charge in [0.25, 0.3) is 0 Å². The molecule has 0 bridgehead atoms. The lowest BCUT2D eigenvalue weighted by Crippen LogP contribution is -2.37. The fourth-order valence-corrected chi connectivity index (χ4v) is 5.13. The molecule has 174 valence electrons. The first-order valence-electron chi connectivity index (χ1n) is 12.3. The number of hydrogen-bond acceptors (Lipinski definition) is 3. The maximum absolute atomic E-state index is 13.3. The molecule has 1 aliphatic carbocycles. The summed E-state index contributed by atoms with van der Waals surface area (Å²) in [5.74, 6) is 1.50. The first-order valence-corrected chi connectivity index (χ1v) is 12.3. The van der Waals surface area contributed by atoms with Crippen LogP contribution in [0.15, 0.2) is 79.0 Å². The Morgan fingerprint density at radius 3 is 2.50 bits per heavy atom. The van der Waals surface area contributed by atoms with Crippen molar-refractivity contribution in [3.63, 3.8) is 0 Å². The second-order valence-electron chi connectivity index (χ2n) is 9.39.